The predicted molar refractivity (Wildman–Crippen MR) is 167 cm³/mol. The van der Waals surface area contributed by atoms with Crippen LogP contribution in [0, 0.1) is 0 Å². The Kier molecular flexibility index (Phi) is 11.1. The highest BCUT2D eigenvalue weighted by Crippen LogP contribution is 2.33. The van der Waals surface area contributed by atoms with Crippen LogP contribution in [0.1, 0.15) is 51.5 Å². The van der Waals surface area contributed by atoms with Gasteiger partial charge < -0.3 is 19.7 Å². The number of sulfonamides is 1. The first-order chi connectivity index (χ1) is 20.8. The number of anilines is 1. The zero-order valence-electron chi connectivity index (χ0n) is 25.1. The fourth-order valence-corrected chi connectivity index (χ4v) is 6.87. The van der Waals surface area contributed by atoms with Crippen LogP contribution in [0.5, 0.6) is 11.5 Å². The smallest absolute Gasteiger partial charge is 0.264 e. The minimum absolute atomic E-state index is 0.0412. The Morgan fingerprint density at radius 3 is 2.33 bits per heavy atom. The highest BCUT2D eigenvalue weighted by Gasteiger charge is 2.35. The maximum Gasteiger partial charge on any atom is 0.264 e. The summed E-state index contributed by atoms with van der Waals surface area (Å²) in [4.78, 5) is 29.5. The summed E-state index contributed by atoms with van der Waals surface area (Å²) in [7, 11) is -2.63. The number of para-hydroxylation sites is 2. The van der Waals surface area contributed by atoms with Crippen LogP contribution in [-0.4, -0.2) is 57.5 Å². The first-order valence-electron chi connectivity index (χ1n) is 14.8. The SMILES string of the molecule is CCOc1ccccc1N(CC(=O)N(Cc1cccc(OC)c1)[C@@H](CC)C(=O)NC1CCCC1)S(=O)(=O)c1ccccc1. The van der Waals surface area contributed by atoms with E-state index in [9.17, 15) is 18.0 Å². The van der Waals surface area contributed by atoms with Gasteiger partial charge in [0.15, 0.2) is 0 Å². The molecule has 0 saturated heterocycles. The van der Waals surface area contributed by atoms with Gasteiger partial charge in [-0.1, -0.05) is 62.2 Å². The molecule has 3 aromatic carbocycles. The lowest BCUT2D eigenvalue weighted by Gasteiger charge is -2.34. The van der Waals surface area contributed by atoms with Crippen LogP contribution >= 0.6 is 0 Å². The van der Waals surface area contributed by atoms with E-state index >= 15 is 0 Å². The van der Waals surface area contributed by atoms with E-state index in [4.69, 9.17) is 9.47 Å². The van der Waals surface area contributed by atoms with E-state index in [1.807, 2.05) is 32.0 Å². The van der Waals surface area contributed by atoms with Crippen molar-refractivity contribution in [2.75, 3.05) is 24.6 Å². The Morgan fingerprint density at radius 2 is 1.65 bits per heavy atom. The van der Waals surface area contributed by atoms with Gasteiger partial charge in [0.1, 0.15) is 24.1 Å². The topological polar surface area (TPSA) is 105 Å². The summed E-state index contributed by atoms with van der Waals surface area (Å²) in [6.45, 7) is 3.54. The van der Waals surface area contributed by atoms with Crippen molar-refractivity contribution in [1.29, 1.82) is 0 Å². The predicted octanol–water partition coefficient (Wildman–Crippen LogP) is 5.16. The first-order valence-corrected chi connectivity index (χ1v) is 16.2. The van der Waals surface area contributed by atoms with Crippen molar-refractivity contribution in [3.63, 3.8) is 0 Å². The quantitative estimate of drug-likeness (QED) is 0.272. The summed E-state index contributed by atoms with van der Waals surface area (Å²) < 4.78 is 40.4. The van der Waals surface area contributed by atoms with Crippen LogP contribution in [0.2, 0.25) is 0 Å². The molecule has 0 bridgehead atoms. The molecule has 1 aliphatic rings. The average Bonchev–Trinajstić information content (AvgIpc) is 3.53. The lowest BCUT2D eigenvalue weighted by molar-refractivity contribution is -0.140. The minimum atomic E-state index is -4.19. The Balaban J connectivity index is 1.75. The number of nitrogens with zero attached hydrogens (tertiary/aromatic N) is 2. The maximum atomic E-state index is 14.3. The molecule has 0 spiro atoms. The number of nitrogens with one attached hydrogen (secondary N) is 1. The molecule has 0 aliphatic heterocycles. The maximum absolute atomic E-state index is 14.3. The van der Waals surface area contributed by atoms with Crippen molar-refractivity contribution in [3.8, 4) is 11.5 Å². The largest absolute Gasteiger partial charge is 0.497 e. The molecule has 0 heterocycles. The van der Waals surface area contributed by atoms with Gasteiger partial charge in [-0.3, -0.25) is 13.9 Å². The molecule has 1 saturated carbocycles. The average molecular weight is 608 g/mol. The van der Waals surface area contributed by atoms with Gasteiger partial charge in [0, 0.05) is 12.6 Å². The van der Waals surface area contributed by atoms with E-state index in [2.05, 4.69) is 5.32 Å². The molecule has 0 radical (unpaired) electrons. The van der Waals surface area contributed by atoms with Gasteiger partial charge >= 0.3 is 0 Å². The van der Waals surface area contributed by atoms with Gasteiger partial charge in [-0.15, -0.1) is 0 Å². The standard InChI is InChI=1S/C33H41N3O6S/c1-4-29(33(38)34-26-15-9-10-16-26)35(23-25-14-13-17-27(22-25)41-3)32(37)24-36(30-20-11-12-21-31(30)42-5-2)43(39,40)28-18-7-6-8-19-28/h6-8,11-14,17-22,26,29H,4-5,9-10,15-16,23-24H2,1-3H3,(H,34,38)/t29-/m0/s1. The third-order valence-corrected chi connectivity index (χ3v) is 9.39. The number of methoxy groups -OCH3 is 1. The Morgan fingerprint density at radius 1 is 0.953 bits per heavy atom. The van der Waals surface area contributed by atoms with Crippen molar-refractivity contribution in [2.24, 2.45) is 0 Å². The lowest BCUT2D eigenvalue weighted by atomic mass is 10.1. The number of rotatable bonds is 14. The minimum Gasteiger partial charge on any atom is -0.497 e. The fraction of sp³-hybridized carbons (Fsp3) is 0.394. The second-order valence-corrected chi connectivity index (χ2v) is 12.4. The van der Waals surface area contributed by atoms with Gasteiger partial charge in [0.2, 0.25) is 11.8 Å². The van der Waals surface area contributed by atoms with E-state index in [1.165, 1.54) is 17.0 Å². The number of hydrogen-bond acceptors (Lipinski definition) is 6. The molecule has 10 heteroatoms. The molecule has 43 heavy (non-hydrogen) atoms. The van der Waals surface area contributed by atoms with Crippen LogP contribution in [0.3, 0.4) is 0 Å². The molecule has 2 amide bonds. The molecule has 0 unspecified atom stereocenters. The molecule has 1 aliphatic carbocycles. The van der Waals surface area contributed by atoms with E-state index in [0.29, 0.717) is 24.5 Å². The van der Waals surface area contributed by atoms with Gasteiger partial charge in [0.25, 0.3) is 10.0 Å². The molecule has 9 nitrogen and oxygen atoms in total. The highest BCUT2D eigenvalue weighted by atomic mass is 32.2. The Hall–Kier alpha value is -4.05. The number of benzene rings is 3. The summed E-state index contributed by atoms with van der Waals surface area (Å²) in [5.41, 5.74) is 0.998. The van der Waals surface area contributed by atoms with Crippen molar-refractivity contribution >= 4 is 27.5 Å². The number of carbonyl (C=O) groups is 2. The van der Waals surface area contributed by atoms with Crippen molar-refractivity contribution in [3.05, 3.63) is 84.4 Å². The normalized spacial score (nSPS) is 14.1. The van der Waals surface area contributed by atoms with Crippen molar-refractivity contribution in [2.45, 2.75) is 69.5 Å². The third-order valence-electron chi connectivity index (χ3n) is 7.62. The first kappa shape index (κ1) is 31.9. The van der Waals surface area contributed by atoms with E-state index in [-0.39, 0.29) is 29.1 Å². The van der Waals surface area contributed by atoms with Crippen LogP contribution in [0.4, 0.5) is 5.69 Å². The molecule has 0 aromatic heterocycles. The Bertz CT molecular complexity index is 1470. The molecule has 1 fully saturated rings. The van der Waals surface area contributed by atoms with Gasteiger partial charge in [-0.25, -0.2) is 8.42 Å². The molecule has 4 rings (SSSR count). The van der Waals surface area contributed by atoms with Crippen LogP contribution in [0.25, 0.3) is 0 Å². The molecular formula is C33H41N3O6S. The number of hydrogen-bond donors (Lipinski definition) is 1. The van der Waals surface area contributed by atoms with Crippen molar-refractivity contribution < 1.29 is 27.5 Å². The van der Waals surface area contributed by atoms with Gasteiger partial charge in [-0.2, -0.15) is 0 Å². The number of ether oxygens (including phenoxy) is 2. The van der Waals surface area contributed by atoms with Gasteiger partial charge in [0.05, 0.1) is 24.3 Å². The summed E-state index contributed by atoms with van der Waals surface area (Å²) in [6.07, 6.45) is 4.28. The lowest BCUT2D eigenvalue weighted by Crippen LogP contribution is -2.53. The summed E-state index contributed by atoms with van der Waals surface area (Å²) in [5.74, 6) is 0.204. The van der Waals surface area contributed by atoms with Crippen molar-refractivity contribution in [1.82, 2.24) is 10.2 Å². The van der Waals surface area contributed by atoms with Crippen LogP contribution in [-0.2, 0) is 26.2 Å². The molecule has 1 N–H and O–H groups in total. The zero-order chi connectivity index (χ0) is 30.8. The third kappa shape index (κ3) is 7.87. The fourth-order valence-electron chi connectivity index (χ4n) is 5.43. The van der Waals surface area contributed by atoms with E-state index < -0.39 is 28.5 Å². The number of amides is 2. The highest BCUT2D eigenvalue weighted by molar-refractivity contribution is 7.92. The molecule has 230 valence electrons. The summed E-state index contributed by atoms with van der Waals surface area (Å²) in [5, 5.41) is 3.13. The van der Waals surface area contributed by atoms with E-state index in [0.717, 1.165) is 35.6 Å². The summed E-state index contributed by atoms with van der Waals surface area (Å²) >= 11 is 0. The molecule has 3 aromatic rings. The Labute approximate surface area is 254 Å². The zero-order valence-corrected chi connectivity index (χ0v) is 25.9. The monoisotopic (exact) mass is 607 g/mol. The second-order valence-electron chi connectivity index (χ2n) is 10.5. The van der Waals surface area contributed by atoms with Crippen LogP contribution in [0.15, 0.2) is 83.8 Å². The van der Waals surface area contributed by atoms with Crippen LogP contribution < -0.4 is 19.1 Å². The summed E-state index contributed by atoms with van der Waals surface area (Å²) in [6, 6.07) is 21.3. The van der Waals surface area contributed by atoms with Gasteiger partial charge in [-0.05, 0) is 68.1 Å². The molecular weight excluding hydrogens is 566 g/mol. The van der Waals surface area contributed by atoms with E-state index in [1.54, 1.807) is 55.6 Å². The second kappa shape index (κ2) is 14.9. The number of carbonyl (C=O) groups excluding carboxylic acids is 2. The molecule has 1 atom stereocenters.